The van der Waals surface area contributed by atoms with Crippen molar-refractivity contribution in [2.45, 2.75) is 24.4 Å². The number of carbonyl (C=O) groups excluding carboxylic acids is 1. The number of hydrogen-bond donors (Lipinski definition) is 0. The lowest BCUT2D eigenvalue weighted by atomic mass is 10.2. The zero-order valence-corrected chi connectivity index (χ0v) is 20.5. The summed E-state index contributed by atoms with van der Waals surface area (Å²) in [7, 11) is -3.82. The number of carbonyl (C=O) groups is 1. The van der Waals surface area contributed by atoms with Crippen molar-refractivity contribution in [2.75, 3.05) is 19.6 Å². The van der Waals surface area contributed by atoms with Crippen LogP contribution in [0, 0.1) is 11.6 Å². The Kier molecular flexibility index (Phi) is 6.20. The maximum absolute atomic E-state index is 13.8. The molecule has 35 heavy (non-hydrogen) atoms. The Hall–Kier alpha value is -3.08. The van der Waals surface area contributed by atoms with E-state index < -0.39 is 21.9 Å². The largest absolute Gasteiger partial charge is 0.334 e. The average Bonchev–Trinajstić information content (AvgIpc) is 3.41. The molecule has 0 unspecified atom stereocenters. The first-order valence-electron chi connectivity index (χ1n) is 11.1. The maximum Gasteiger partial charge on any atom is 0.270 e. The Morgan fingerprint density at radius 2 is 1.80 bits per heavy atom. The number of halogens is 2. The number of benzene rings is 2. The summed E-state index contributed by atoms with van der Waals surface area (Å²) in [5.41, 5.74) is 1.23. The highest BCUT2D eigenvalue weighted by molar-refractivity contribution is 7.89. The fourth-order valence-corrected chi connectivity index (χ4v) is 7.02. The Morgan fingerprint density at radius 1 is 1.03 bits per heavy atom. The first-order chi connectivity index (χ1) is 16.7. The topological polar surface area (TPSA) is 62.6 Å². The van der Waals surface area contributed by atoms with Gasteiger partial charge in [0.1, 0.15) is 22.2 Å². The fraction of sp³-hybridized carbons (Fsp3) is 0.240. The highest BCUT2D eigenvalue weighted by Gasteiger charge is 2.36. The van der Waals surface area contributed by atoms with Crippen molar-refractivity contribution in [3.63, 3.8) is 0 Å². The lowest BCUT2D eigenvalue weighted by Crippen LogP contribution is -2.55. The SMILES string of the molecule is C[C@H]1CN(C(=O)c2cc3ccsc3n2Cc2cccc(F)c2)CCN1S(=O)(=O)c1ccc(F)cc1. The van der Waals surface area contributed by atoms with Crippen LogP contribution < -0.4 is 0 Å². The summed E-state index contributed by atoms with van der Waals surface area (Å²) in [5.74, 6) is -1.04. The molecule has 1 aliphatic rings. The van der Waals surface area contributed by atoms with Crippen LogP contribution in [0.15, 0.2) is 70.9 Å². The molecule has 1 atom stereocenters. The van der Waals surface area contributed by atoms with Crippen LogP contribution in [0.5, 0.6) is 0 Å². The van der Waals surface area contributed by atoms with Crippen LogP contribution in [-0.4, -0.2) is 53.8 Å². The summed E-state index contributed by atoms with van der Waals surface area (Å²) >= 11 is 1.51. The third-order valence-corrected chi connectivity index (χ3v) is 9.20. The molecule has 10 heteroatoms. The predicted octanol–water partition coefficient (Wildman–Crippen LogP) is 4.56. The van der Waals surface area contributed by atoms with Crippen molar-refractivity contribution < 1.29 is 22.0 Å². The quantitative estimate of drug-likeness (QED) is 0.391. The van der Waals surface area contributed by atoms with E-state index in [2.05, 4.69) is 0 Å². The second kappa shape index (κ2) is 9.18. The Balaban J connectivity index is 1.39. The van der Waals surface area contributed by atoms with Gasteiger partial charge < -0.3 is 9.47 Å². The normalized spacial score (nSPS) is 17.2. The number of sulfonamides is 1. The van der Waals surface area contributed by atoms with Crippen LogP contribution in [0.4, 0.5) is 8.78 Å². The minimum Gasteiger partial charge on any atom is -0.334 e. The van der Waals surface area contributed by atoms with Crippen molar-refractivity contribution in [1.29, 1.82) is 0 Å². The van der Waals surface area contributed by atoms with E-state index in [9.17, 15) is 22.0 Å². The minimum absolute atomic E-state index is 0.0229. The van der Waals surface area contributed by atoms with Crippen LogP contribution >= 0.6 is 11.3 Å². The molecular formula is C25H23F2N3O3S2. The van der Waals surface area contributed by atoms with Gasteiger partial charge in [-0.15, -0.1) is 11.3 Å². The second-order valence-electron chi connectivity index (χ2n) is 8.60. The molecule has 0 spiro atoms. The van der Waals surface area contributed by atoms with E-state index in [-0.39, 0.29) is 36.3 Å². The zero-order chi connectivity index (χ0) is 24.7. The molecule has 5 rings (SSSR count). The summed E-state index contributed by atoms with van der Waals surface area (Å²) in [4.78, 5) is 16.2. The molecule has 2 aromatic carbocycles. The van der Waals surface area contributed by atoms with Crippen molar-refractivity contribution in [3.05, 3.63) is 88.9 Å². The zero-order valence-electron chi connectivity index (χ0n) is 18.9. The van der Waals surface area contributed by atoms with Crippen LogP contribution in [0.1, 0.15) is 23.0 Å². The summed E-state index contributed by atoms with van der Waals surface area (Å²) in [6, 6.07) is 14.3. The van der Waals surface area contributed by atoms with Gasteiger partial charge in [-0.05, 0) is 66.4 Å². The van der Waals surface area contributed by atoms with Crippen LogP contribution in [0.3, 0.4) is 0 Å². The van der Waals surface area contributed by atoms with Crippen molar-refractivity contribution >= 4 is 37.5 Å². The van der Waals surface area contributed by atoms with E-state index >= 15 is 0 Å². The molecule has 182 valence electrons. The third-order valence-electron chi connectivity index (χ3n) is 6.23. The van der Waals surface area contributed by atoms with Gasteiger partial charge in [0, 0.05) is 37.6 Å². The summed E-state index contributed by atoms with van der Waals surface area (Å²) in [6.07, 6.45) is 0. The summed E-state index contributed by atoms with van der Waals surface area (Å²) in [6.45, 7) is 2.67. The van der Waals surface area contributed by atoms with Crippen LogP contribution in [0.25, 0.3) is 10.2 Å². The smallest absolute Gasteiger partial charge is 0.270 e. The summed E-state index contributed by atoms with van der Waals surface area (Å²) in [5, 5.41) is 2.88. The number of amides is 1. The second-order valence-corrected chi connectivity index (χ2v) is 11.4. The lowest BCUT2D eigenvalue weighted by molar-refractivity contribution is 0.0632. The van der Waals surface area contributed by atoms with Crippen LogP contribution in [-0.2, 0) is 16.6 Å². The van der Waals surface area contributed by atoms with Gasteiger partial charge in [-0.3, -0.25) is 4.79 Å². The van der Waals surface area contributed by atoms with Gasteiger partial charge in [-0.1, -0.05) is 12.1 Å². The Labute approximate surface area is 206 Å². The highest BCUT2D eigenvalue weighted by atomic mass is 32.2. The number of piperazine rings is 1. The molecule has 0 radical (unpaired) electrons. The van der Waals surface area contributed by atoms with E-state index in [1.165, 1.54) is 39.9 Å². The minimum atomic E-state index is -3.82. The molecular weight excluding hydrogens is 492 g/mol. The number of aromatic nitrogens is 1. The molecule has 4 aromatic rings. The van der Waals surface area contributed by atoms with Crippen LogP contribution in [0.2, 0.25) is 0 Å². The first kappa shape index (κ1) is 23.7. The van der Waals surface area contributed by atoms with E-state index in [0.29, 0.717) is 12.2 Å². The van der Waals surface area contributed by atoms with Gasteiger partial charge in [0.05, 0.1) is 4.90 Å². The van der Waals surface area contributed by atoms with Gasteiger partial charge in [0.2, 0.25) is 10.0 Å². The fourth-order valence-electron chi connectivity index (χ4n) is 4.51. The summed E-state index contributed by atoms with van der Waals surface area (Å²) < 4.78 is 56.5. The molecule has 1 fully saturated rings. The van der Waals surface area contributed by atoms with Crippen molar-refractivity contribution in [1.82, 2.24) is 13.8 Å². The van der Waals surface area contributed by atoms with Crippen molar-refractivity contribution in [2.24, 2.45) is 0 Å². The first-order valence-corrected chi connectivity index (χ1v) is 13.4. The van der Waals surface area contributed by atoms with E-state index in [1.54, 1.807) is 17.9 Å². The maximum atomic E-state index is 13.8. The standard InChI is InChI=1S/C25H23F2N3O3S2/c1-17-15-28(10-11-30(17)35(32,33)22-7-5-20(26)6-8-22)24(31)23-14-19-9-12-34-25(19)29(23)16-18-3-2-4-21(27)13-18/h2-9,12-14,17H,10-11,15-16H2,1H3/t17-/m0/s1. The lowest BCUT2D eigenvalue weighted by Gasteiger charge is -2.39. The number of hydrogen-bond acceptors (Lipinski definition) is 4. The third kappa shape index (κ3) is 4.49. The van der Waals surface area contributed by atoms with E-state index in [1.807, 2.05) is 28.1 Å². The number of nitrogens with zero attached hydrogens (tertiary/aromatic N) is 3. The molecule has 0 bridgehead atoms. The Bertz CT molecular complexity index is 1500. The van der Waals surface area contributed by atoms with Gasteiger partial charge in [0.15, 0.2) is 0 Å². The predicted molar refractivity (Wildman–Crippen MR) is 131 cm³/mol. The van der Waals surface area contributed by atoms with Gasteiger partial charge in [-0.25, -0.2) is 17.2 Å². The number of fused-ring (bicyclic) bond motifs is 1. The average molecular weight is 516 g/mol. The molecule has 1 amide bonds. The molecule has 1 saturated heterocycles. The molecule has 2 aromatic heterocycles. The monoisotopic (exact) mass is 515 g/mol. The van der Waals surface area contributed by atoms with E-state index in [4.69, 9.17) is 0 Å². The van der Waals surface area contributed by atoms with Gasteiger partial charge in [-0.2, -0.15) is 4.31 Å². The molecule has 0 aliphatic carbocycles. The molecule has 3 heterocycles. The van der Waals surface area contributed by atoms with Crippen molar-refractivity contribution in [3.8, 4) is 0 Å². The molecule has 0 saturated carbocycles. The number of rotatable bonds is 5. The molecule has 6 nitrogen and oxygen atoms in total. The van der Waals surface area contributed by atoms with Gasteiger partial charge >= 0.3 is 0 Å². The van der Waals surface area contributed by atoms with Gasteiger partial charge in [0.25, 0.3) is 5.91 Å². The van der Waals surface area contributed by atoms with E-state index in [0.717, 1.165) is 27.9 Å². The molecule has 0 N–H and O–H groups in total. The highest BCUT2D eigenvalue weighted by Crippen LogP contribution is 2.29. The number of thiophene rings is 1. The molecule has 1 aliphatic heterocycles. The Morgan fingerprint density at radius 3 is 2.51 bits per heavy atom.